The maximum Gasteiger partial charge on any atom is 0.317 e. The molecule has 0 fully saturated rings. The highest BCUT2D eigenvalue weighted by molar-refractivity contribution is 6.42. The molecule has 0 saturated heterocycles. The molecule has 2 heterocycles. The van der Waals surface area contributed by atoms with E-state index in [0.717, 1.165) is 11.4 Å². The van der Waals surface area contributed by atoms with Gasteiger partial charge in [0.05, 0.1) is 16.6 Å². The van der Waals surface area contributed by atoms with E-state index >= 15 is 0 Å². The molecule has 1 aromatic carbocycles. The van der Waals surface area contributed by atoms with E-state index in [1.807, 2.05) is 16.7 Å². The van der Waals surface area contributed by atoms with Crippen molar-refractivity contribution < 1.29 is 4.79 Å². The number of carbonyl (C=O) groups is 1. The Labute approximate surface area is 150 Å². The van der Waals surface area contributed by atoms with Gasteiger partial charge in [-0.1, -0.05) is 43.1 Å². The lowest BCUT2D eigenvalue weighted by Gasteiger charge is -2.30. The van der Waals surface area contributed by atoms with Crippen LogP contribution < -0.4 is 5.32 Å². The van der Waals surface area contributed by atoms with Crippen molar-refractivity contribution in [1.29, 1.82) is 0 Å². The van der Waals surface area contributed by atoms with E-state index in [1.54, 1.807) is 17.3 Å². The van der Waals surface area contributed by atoms with Crippen molar-refractivity contribution in [2.75, 3.05) is 13.1 Å². The Kier molecular flexibility index (Phi) is 4.69. The van der Waals surface area contributed by atoms with Crippen molar-refractivity contribution in [3.05, 3.63) is 46.0 Å². The third-order valence-corrected chi connectivity index (χ3v) is 5.05. The maximum atomic E-state index is 12.4. The Bertz CT molecular complexity index is 759. The summed E-state index contributed by atoms with van der Waals surface area (Å²) in [6, 6.07) is 5.46. The molecule has 2 amide bonds. The number of nitrogens with one attached hydrogen (secondary N) is 1. The summed E-state index contributed by atoms with van der Waals surface area (Å²) in [6.07, 6.45) is 1.69. The van der Waals surface area contributed by atoms with Crippen LogP contribution in [0.15, 0.2) is 24.5 Å². The molecule has 0 saturated carbocycles. The van der Waals surface area contributed by atoms with Gasteiger partial charge in [0.2, 0.25) is 0 Å². The quantitative estimate of drug-likeness (QED) is 0.906. The summed E-state index contributed by atoms with van der Waals surface area (Å²) < 4.78 is 1.96. The average molecular weight is 368 g/mol. The van der Waals surface area contributed by atoms with Crippen LogP contribution in [0.4, 0.5) is 4.79 Å². The lowest BCUT2D eigenvalue weighted by atomic mass is 9.84. The molecule has 3 rings (SSSR count). The molecule has 8 heteroatoms. The van der Waals surface area contributed by atoms with Crippen molar-refractivity contribution in [2.45, 2.75) is 32.4 Å². The van der Waals surface area contributed by atoms with Crippen LogP contribution in [0.5, 0.6) is 0 Å². The highest BCUT2D eigenvalue weighted by Crippen LogP contribution is 2.29. The fraction of sp³-hybridized carbons (Fsp3) is 0.438. The van der Waals surface area contributed by atoms with Gasteiger partial charge in [-0.05, 0) is 17.7 Å². The highest BCUT2D eigenvalue weighted by Gasteiger charge is 2.26. The molecule has 1 N–H and O–H groups in total. The predicted molar refractivity (Wildman–Crippen MR) is 93.3 cm³/mol. The van der Waals surface area contributed by atoms with Gasteiger partial charge in [0.15, 0.2) is 5.82 Å². The van der Waals surface area contributed by atoms with Crippen molar-refractivity contribution in [3.63, 3.8) is 0 Å². The summed E-state index contributed by atoms with van der Waals surface area (Å²) >= 11 is 12.1. The zero-order valence-corrected chi connectivity index (χ0v) is 15.1. The number of rotatable bonds is 3. The molecule has 24 heavy (non-hydrogen) atoms. The first kappa shape index (κ1) is 17.0. The zero-order chi connectivity index (χ0) is 17.3. The molecule has 0 aliphatic carbocycles. The van der Waals surface area contributed by atoms with Gasteiger partial charge < -0.3 is 14.8 Å². The molecule has 128 valence electrons. The Hall–Kier alpha value is -1.79. The van der Waals surface area contributed by atoms with E-state index in [-0.39, 0.29) is 11.4 Å². The molecule has 0 radical (unpaired) electrons. The number of nitrogens with zero attached hydrogens (tertiary/aromatic N) is 4. The number of hydrogen-bond acceptors (Lipinski definition) is 3. The summed E-state index contributed by atoms with van der Waals surface area (Å²) in [7, 11) is 0. The van der Waals surface area contributed by atoms with Crippen LogP contribution in [0, 0.1) is 0 Å². The number of fused-ring (bicyclic) bond motifs is 1. The smallest absolute Gasteiger partial charge is 0.317 e. The van der Waals surface area contributed by atoms with Gasteiger partial charge in [-0.2, -0.15) is 0 Å². The summed E-state index contributed by atoms with van der Waals surface area (Å²) in [5, 5.41) is 11.9. The van der Waals surface area contributed by atoms with Gasteiger partial charge in [0.25, 0.3) is 0 Å². The second-order valence-electron chi connectivity index (χ2n) is 6.53. The highest BCUT2D eigenvalue weighted by atomic mass is 35.5. The van der Waals surface area contributed by atoms with Gasteiger partial charge in [0, 0.05) is 25.0 Å². The summed E-state index contributed by atoms with van der Waals surface area (Å²) in [4.78, 5) is 14.2. The molecule has 1 aliphatic heterocycles. The number of carbonyl (C=O) groups excluding carboxylic acids is 1. The van der Waals surface area contributed by atoms with E-state index in [1.165, 1.54) is 0 Å². The first-order chi connectivity index (χ1) is 11.4. The Morgan fingerprint density at radius 3 is 2.83 bits per heavy atom. The molecular weight excluding hydrogens is 349 g/mol. The largest absolute Gasteiger partial charge is 0.337 e. The minimum Gasteiger partial charge on any atom is -0.337 e. The standard InChI is InChI=1S/C16H19Cl2N5O/c1-16(2,11-3-4-12(17)13(18)7-11)9-19-15(24)22-5-6-23-10-20-21-14(23)8-22/h3-4,7,10H,5-6,8-9H2,1-2H3,(H,19,24). The van der Waals surface area contributed by atoms with Crippen molar-refractivity contribution in [1.82, 2.24) is 25.0 Å². The molecule has 2 aromatic rings. The third-order valence-electron chi connectivity index (χ3n) is 4.31. The van der Waals surface area contributed by atoms with Crippen LogP contribution in [0.2, 0.25) is 10.0 Å². The van der Waals surface area contributed by atoms with Gasteiger partial charge in [-0.3, -0.25) is 0 Å². The number of halogens is 2. The Balaban J connectivity index is 1.62. The Morgan fingerprint density at radius 1 is 1.29 bits per heavy atom. The van der Waals surface area contributed by atoms with E-state index in [4.69, 9.17) is 23.2 Å². The topological polar surface area (TPSA) is 63.1 Å². The van der Waals surface area contributed by atoms with Gasteiger partial charge in [-0.15, -0.1) is 10.2 Å². The third kappa shape index (κ3) is 3.49. The number of hydrogen-bond donors (Lipinski definition) is 1. The molecule has 0 atom stereocenters. The number of urea groups is 1. The fourth-order valence-corrected chi connectivity index (χ4v) is 2.97. The summed E-state index contributed by atoms with van der Waals surface area (Å²) in [6.45, 7) is 6.43. The zero-order valence-electron chi connectivity index (χ0n) is 13.6. The van der Waals surface area contributed by atoms with E-state index in [0.29, 0.717) is 36.2 Å². The van der Waals surface area contributed by atoms with Gasteiger partial charge >= 0.3 is 6.03 Å². The maximum absolute atomic E-state index is 12.4. The van der Waals surface area contributed by atoms with Crippen LogP contribution in [0.3, 0.4) is 0 Å². The van der Waals surface area contributed by atoms with Crippen LogP contribution >= 0.6 is 23.2 Å². The minimum atomic E-state index is -0.264. The van der Waals surface area contributed by atoms with Crippen LogP contribution in [-0.2, 0) is 18.5 Å². The number of benzene rings is 1. The molecule has 0 bridgehead atoms. The van der Waals surface area contributed by atoms with Crippen molar-refractivity contribution in [3.8, 4) is 0 Å². The average Bonchev–Trinajstić information content (AvgIpc) is 3.02. The molecule has 6 nitrogen and oxygen atoms in total. The van der Waals surface area contributed by atoms with Crippen LogP contribution in [0.25, 0.3) is 0 Å². The Morgan fingerprint density at radius 2 is 2.08 bits per heavy atom. The van der Waals surface area contributed by atoms with Crippen molar-refractivity contribution in [2.24, 2.45) is 0 Å². The first-order valence-electron chi connectivity index (χ1n) is 7.72. The molecule has 0 unspecified atom stereocenters. The second-order valence-corrected chi connectivity index (χ2v) is 7.35. The van der Waals surface area contributed by atoms with Crippen LogP contribution in [-0.4, -0.2) is 38.8 Å². The van der Waals surface area contributed by atoms with Gasteiger partial charge in [0.1, 0.15) is 6.33 Å². The number of amides is 2. The molecule has 0 spiro atoms. The first-order valence-corrected chi connectivity index (χ1v) is 8.47. The lowest BCUT2D eigenvalue weighted by molar-refractivity contribution is 0.180. The molecule has 1 aliphatic rings. The predicted octanol–water partition coefficient (Wildman–Crippen LogP) is 3.09. The summed E-state index contributed by atoms with van der Waals surface area (Å²) in [5.41, 5.74) is 0.760. The van der Waals surface area contributed by atoms with E-state index in [9.17, 15) is 4.79 Å². The molecular formula is C16H19Cl2N5O. The lowest BCUT2D eigenvalue weighted by Crippen LogP contribution is -2.47. The monoisotopic (exact) mass is 367 g/mol. The summed E-state index contributed by atoms with van der Waals surface area (Å²) in [5.74, 6) is 0.806. The minimum absolute atomic E-state index is 0.0996. The number of aromatic nitrogens is 3. The SMILES string of the molecule is CC(C)(CNC(=O)N1CCn2cnnc2C1)c1ccc(Cl)c(Cl)c1. The second kappa shape index (κ2) is 6.61. The van der Waals surface area contributed by atoms with Crippen LogP contribution in [0.1, 0.15) is 25.2 Å². The van der Waals surface area contributed by atoms with Crippen molar-refractivity contribution >= 4 is 29.2 Å². The normalized spacial score (nSPS) is 14.4. The van der Waals surface area contributed by atoms with Gasteiger partial charge in [-0.25, -0.2) is 4.79 Å². The van der Waals surface area contributed by atoms with E-state index in [2.05, 4.69) is 29.4 Å². The fourth-order valence-electron chi connectivity index (χ4n) is 2.67. The molecule has 1 aromatic heterocycles. The van der Waals surface area contributed by atoms with E-state index < -0.39 is 0 Å².